The second-order valence-corrected chi connectivity index (χ2v) is 8.03. The fourth-order valence-corrected chi connectivity index (χ4v) is 4.20. The van der Waals surface area contributed by atoms with Gasteiger partial charge in [0.25, 0.3) is 0 Å². The number of rotatable bonds is 4. The fraction of sp³-hybridized carbons (Fsp3) is 0.333. The summed E-state index contributed by atoms with van der Waals surface area (Å²) in [5, 5.41) is 5.48. The molecule has 0 amide bonds. The minimum absolute atomic E-state index is 0.710. The third-order valence-corrected chi connectivity index (χ3v) is 5.77. The largest absolute Gasteiger partial charge is 0.369 e. The highest BCUT2D eigenvalue weighted by atomic mass is 35.5. The molecule has 5 nitrogen and oxygen atoms in total. The lowest BCUT2D eigenvalue weighted by Crippen LogP contribution is -2.47. The van der Waals surface area contributed by atoms with E-state index in [-0.39, 0.29) is 0 Å². The monoisotopic (exact) mass is 413 g/mol. The molecule has 0 N–H and O–H groups in total. The molecule has 1 aliphatic heterocycles. The van der Waals surface area contributed by atoms with Crippen molar-refractivity contribution in [2.45, 2.75) is 20.5 Å². The van der Waals surface area contributed by atoms with E-state index in [0.717, 1.165) is 47.5 Å². The molecule has 0 spiro atoms. The van der Waals surface area contributed by atoms with Crippen LogP contribution >= 0.6 is 23.8 Å². The number of aromatic nitrogens is 3. The van der Waals surface area contributed by atoms with Crippen LogP contribution in [0, 0.1) is 18.6 Å². The van der Waals surface area contributed by atoms with Gasteiger partial charge in [0.05, 0.1) is 6.67 Å². The smallest absolute Gasteiger partial charge is 0.203 e. The minimum Gasteiger partial charge on any atom is -0.369 e. The summed E-state index contributed by atoms with van der Waals surface area (Å²) in [6, 6.07) is 16.4. The maximum atomic E-state index is 6.13. The summed E-state index contributed by atoms with van der Waals surface area (Å²) in [6.45, 7) is 8.66. The van der Waals surface area contributed by atoms with Crippen LogP contribution in [0.4, 0.5) is 5.69 Å². The van der Waals surface area contributed by atoms with E-state index < -0.39 is 0 Å². The molecule has 1 aliphatic rings. The van der Waals surface area contributed by atoms with Crippen LogP contribution in [0.2, 0.25) is 5.02 Å². The first-order valence-electron chi connectivity index (χ1n) is 9.47. The number of piperazine rings is 1. The Morgan fingerprint density at radius 2 is 1.68 bits per heavy atom. The molecule has 1 fully saturated rings. The molecule has 7 heteroatoms. The summed E-state index contributed by atoms with van der Waals surface area (Å²) in [6.07, 6.45) is 0. The number of hydrogen-bond donors (Lipinski definition) is 0. The molecule has 0 saturated carbocycles. The molecule has 1 aromatic heterocycles. The van der Waals surface area contributed by atoms with Crippen LogP contribution in [-0.4, -0.2) is 45.4 Å². The summed E-state index contributed by atoms with van der Waals surface area (Å²) in [7, 11) is 0. The molecule has 2 aromatic carbocycles. The van der Waals surface area contributed by atoms with Crippen molar-refractivity contribution in [2.75, 3.05) is 31.1 Å². The number of hydrogen-bond acceptors (Lipinski definition) is 4. The zero-order chi connectivity index (χ0) is 19.7. The molecule has 1 saturated heterocycles. The van der Waals surface area contributed by atoms with Gasteiger partial charge in [0.2, 0.25) is 4.77 Å². The van der Waals surface area contributed by atoms with E-state index in [9.17, 15) is 0 Å². The van der Waals surface area contributed by atoms with Crippen molar-refractivity contribution < 1.29 is 0 Å². The Bertz CT molecular complexity index is 1030. The Labute approximate surface area is 175 Å². The first-order chi connectivity index (χ1) is 13.5. The van der Waals surface area contributed by atoms with E-state index in [0.29, 0.717) is 6.67 Å². The lowest BCUT2D eigenvalue weighted by molar-refractivity contribution is 0.194. The fourth-order valence-electron chi connectivity index (χ4n) is 3.68. The molecule has 0 bridgehead atoms. The van der Waals surface area contributed by atoms with Crippen molar-refractivity contribution in [3.63, 3.8) is 0 Å². The van der Waals surface area contributed by atoms with Gasteiger partial charge in [-0.25, -0.2) is 4.68 Å². The normalized spacial score (nSPS) is 15.2. The quantitative estimate of drug-likeness (QED) is 0.591. The van der Waals surface area contributed by atoms with Gasteiger partial charge in [-0.3, -0.25) is 9.47 Å². The second kappa shape index (κ2) is 8.07. The summed E-state index contributed by atoms with van der Waals surface area (Å²) >= 11 is 11.9. The third kappa shape index (κ3) is 3.99. The van der Waals surface area contributed by atoms with Gasteiger partial charge < -0.3 is 4.90 Å². The number of nitrogens with zero attached hydrogens (tertiary/aromatic N) is 5. The van der Waals surface area contributed by atoms with Crippen LogP contribution in [0.15, 0.2) is 48.5 Å². The Hall–Kier alpha value is -2.15. The van der Waals surface area contributed by atoms with E-state index in [1.54, 1.807) is 0 Å². The third-order valence-electron chi connectivity index (χ3n) is 5.14. The topological polar surface area (TPSA) is 29.2 Å². The molecule has 4 rings (SSSR count). The van der Waals surface area contributed by atoms with Crippen LogP contribution in [-0.2, 0) is 6.67 Å². The summed E-state index contributed by atoms with van der Waals surface area (Å²) in [4.78, 5) is 4.77. The molecule has 0 atom stereocenters. The van der Waals surface area contributed by atoms with Crippen LogP contribution in [0.25, 0.3) is 5.69 Å². The van der Waals surface area contributed by atoms with Crippen LogP contribution < -0.4 is 4.90 Å². The number of halogens is 1. The first-order valence-corrected chi connectivity index (χ1v) is 10.3. The average molecular weight is 414 g/mol. The van der Waals surface area contributed by atoms with Crippen LogP contribution in [0.3, 0.4) is 0 Å². The molecular weight excluding hydrogens is 390 g/mol. The van der Waals surface area contributed by atoms with Crippen molar-refractivity contribution >= 4 is 29.5 Å². The molecule has 0 unspecified atom stereocenters. The number of anilines is 1. The summed E-state index contributed by atoms with van der Waals surface area (Å²) in [5.74, 6) is 0.910. The minimum atomic E-state index is 0.710. The zero-order valence-corrected chi connectivity index (χ0v) is 17.7. The van der Waals surface area contributed by atoms with Crippen molar-refractivity contribution in [3.05, 3.63) is 69.7 Å². The number of benzene rings is 2. The van der Waals surface area contributed by atoms with Crippen molar-refractivity contribution in [2.24, 2.45) is 0 Å². The summed E-state index contributed by atoms with van der Waals surface area (Å²) in [5.41, 5.74) is 3.46. The lowest BCUT2D eigenvalue weighted by atomic mass is 10.2. The van der Waals surface area contributed by atoms with Gasteiger partial charge in [0.15, 0.2) is 0 Å². The molecule has 2 heterocycles. The van der Waals surface area contributed by atoms with Gasteiger partial charge in [-0.15, -0.1) is 0 Å². The van der Waals surface area contributed by atoms with Gasteiger partial charge in [0, 0.05) is 42.6 Å². The molecule has 0 radical (unpaired) electrons. The SMILES string of the molecule is Cc1cccc(-n2c(C)nn(CN3CCN(c4cccc(Cl)c4)CC3)c2=S)c1. The van der Waals surface area contributed by atoms with Crippen molar-refractivity contribution in [3.8, 4) is 5.69 Å². The highest BCUT2D eigenvalue weighted by Gasteiger charge is 2.19. The first kappa shape index (κ1) is 19.2. The molecule has 3 aromatic rings. The van der Waals surface area contributed by atoms with Crippen molar-refractivity contribution in [1.82, 2.24) is 19.2 Å². The Morgan fingerprint density at radius 1 is 0.964 bits per heavy atom. The maximum Gasteiger partial charge on any atom is 0.203 e. The highest BCUT2D eigenvalue weighted by Crippen LogP contribution is 2.21. The lowest BCUT2D eigenvalue weighted by Gasteiger charge is -2.35. The Balaban J connectivity index is 1.46. The van der Waals surface area contributed by atoms with Crippen LogP contribution in [0.1, 0.15) is 11.4 Å². The molecule has 28 heavy (non-hydrogen) atoms. The zero-order valence-electron chi connectivity index (χ0n) is 16.2. The van der Waals surface area contributed by atoms with Gasteiger partial charge in [-0.05, 0) is 62.0 Å². The van der Waals surface area contributed by atoms with Gasteiger partial charge in [-0.2, -0.15) is 5.10 Å². The maximum absolute atomic E-state index is 6.13. The average Bonchev–Trinajstić information content (AvgIpc) is 2.95. The molecular formula is C21H24ClN5S. The van der Waals surface area contributed by atoms with E-state index in [4.69, 9.17) is 28.9 Å². The van der Waals surface area contributed by atoms with E-state index in [1.165, 1.54) is 11.3 Å². The second-order valence-electron chi connectivity index (χ2n) is 7.23. The van der Waals surface area contributed by atoms with Gasteiger partial charge >= 0.3 is 0 Å². The Kier molecular flexibility index (Phi) is 5.53. The van der Waals surface area contributed by atoms with Crippen LogP contribution in [0.5, 0.6) is 0 Å². The molecule has 146 valence electrons. The predicted octanol–water partition coefficient (Wildman–Crippen LogP) is 4.45. The predicted molar refractivity (Wildman–Crippen MR) is 117 cm³/mol. The number of aryl methyl sites for hydroxylation is 2. The van der Waals surface area contributed by atoms with E-state index >= 15 is 0 Å². The van der Waals surface area contributed by atoms with E-state index in [2.05, 4.69) is 47.1 Å². The van der Waals surface area contributed by atoms with Gasteiger partial charge in [0.1, 0.15) is 5.82 Å². The Morgan fingerprint density at radius 3 is 2.39 bits per heavy atom. The van der Waals surface area contributed by atoms with Gasteiger partial charge in [-0.1, -0.05) is 29.8 Å². The van der Waals surface area contributed by atoms with Crippen molar-refractivity contribution in [1.29, 1.82) is 0 Å². The highest BCUT2D eigenvalue weighted by molar-refractivity contribution is 7.71. The molecule has 0 aliphatic carbocycles. The standard InChI is InChI=1S/C21H24ClN5S/c1-16-5-3-8-20(13-16)27-17(2)23-26(21(27)28)15-24-9-11-25(12-10-24)19-7-4-6-18(22)14-19/h3-8,13-14H,9-12,15H2,1-2H3. The van der Waals surface area contributed by atoms with E-state index in [1.807, 2.05) is 34.4 Å². The summed E-state index contributed by atoms with van der Waals surface area (Å²) < 4.78 is 4.72.